The SMILES string of the molecule is CC(C)(C)[Si](C)(C)OCCOc1cccc(Nc2ncnc3c2ncn3[C@H]2C[C@H](O[Si](C)(C)C(C)(C)C)[C@@H](CO[Si](C)(C)C(C)(C)C)O2)c1. The standard InChI is InChI=1S/C36H63N5O5Si3/c1-34(2,3)47(10,11)43-20-19-42-27-18-16-17-26(21-27)40-32-31-33(38-24-37-32)41(25-39-31)30-22-28(46-49(14,15)36(7,8)9)29(45-30)23-44-48(12,13)35(4,5)6/h16-18,21,24-25,28-30H,19-20,22-23H2,1-15H3,(H,37,38,40)/t28-,29+,30+/m0/s1. The van der Waals surface area contributed by atoms with Crippen molar-refractivity contribution < 1.29 is 22.8 Å². The fraction of sp³-hybridized carbons (Fsp3) is 0.694. The predicted molar refractivity (Wildman–Crippen MR) is 207 cm³/mol. The highest BCUT2D eigenvalue weighted by Gasteiger charge is 2.47. The van der Waals surface area contributed by atoms with Crippen LogP contribution in [0.2, 0.25) is 54.4 Å². The average Bonchev–Trinajstić information content (AvgIpc) is 3.57. The van der Waals surface area contributed by atoms with Crippen molar-refractivity contribution in [1.82, 2.24) is 19.5 Å². The molecule has 4 rings (SSSR count). The zero-order valence-electron chi connectivity index (χ0n) is 32.9. The lowest BCUT2D eigenvalue weighted by atomic mass is 10.2. The molecule has 3 atom stereocenters. The van der Waals surface area contributed by atoms with E-state index in [2.05, 4.69) is 117 Å². The molecule has 1 saturated heterocycles. The molecule has 0 bridgehead atoms. The molecule has 13 heteroatoms. The van der Waals surface area contributed by atoms with E-state index in [1.807, 2.05) is 28.8 Å². The first kappa shape index (κ1) is 39.6. The van der Waals surface area contributed by atoms with Gasteiger partial charge in [0.05, 0.1) is 25.6 Å². The first-order chi connectivity index (χ1) is 22.4. The third-order valence-electron chi connectivity index (χ3n) is 11.2. The van der Waals surface area contributed by atoms with Crippen molar-refractivity contribution in [3.63, 3.8) is 0 Å². The number of anilines is 2. The first-order valence-electron chi connectivity index (χ1n) is 17.7. The summed E-state index contributed by atoms with van der Waals surface area (Å²) in [6.45, 7) is 35.6. The third kappa shape index (κ3) is 9.40. The summed E-state index contributed by atoms with van der Waals surface area (Å²) in [5.74, 6) is 1.38. The molecular weight excluding hydrogens is 667 g/mol. The van der Waals surface area contributed by atoms with Gasteiger partial charge in [0.2, 0.25) is 0 Å². The van der Waals surface area contributed by atoms with Gasteiger partial charge in [-0.1, -0.05) is 68.4 Å². The topological polar surface area (TPSA) is 102 Å². The number of aromatic nitrogens is 4. The molecule has 1 fully saturated rings. The summed E-state index contributed by atoms with van der Waals surface area (Å²) in [6, 6.07) is 7.87. The second-order valence-corrected chi connectivity index (χ2v) is 32.4. The quantitative estimate of drug-likeness (QED) is 0.136. The first-order valence-corrected chi connectivity index (χ1v) is 26.4. The third-order valence-corrected chi connectivity index (χ3v) is 24.8. The van der Waals surface area contributed by atoms with E-state index in [9.17, 15) is 0 Å². The number of fused-ring (bicyclic) bond motifs is 1. The molecule has 0 spiro atoms. The van der Waals surface area contributed by atoms with E-state index in [4.69, 9.17) is 27.7 Å². The van der Waals surface area contributed by atoms with Gasteiger partial charge in [0, 0.05) is 18.2 Å². The van der Waals surface area contributed by atoms with E-state index in [0.717, 1.165) is 11.4 Å². The zero-order chi connectivity index (χ0) is 36.6. The summed E-state index contributed by atoms with van der Waals surface area (Å²) in [5.41, 5.74) is 2.22. The summed E-state index contributed by atoms with van der Waals surface area (Å²) < 4.78 is 34.8. The molecule has 1 aliphatic rings. The van der Waals surface area contributed by atoms with Crippen LogP contribution in [0.15, 0.2) is 36.9 Å². The Morgan fingerprint density at radius 1 is 0.816 bits per heavy atom. The highest BCUT2D eigenvalue weighted by molar-refractivity contribution is 6.75. The molecule has 0 radical (unpaired) electrons. The van der Waals surface area contributed by atoms with Crippen LogP contribution in [0.1, 0.15) is 75.0 Å². The van der Waals surface area contributed by atoms with E-state index in [1.54, 1.807) is 12.7 Å². The van der Waals surface area contributed by atoms with Crippen LogP contribution in [0.25, 0.3) is 11.2 Å². The van der Waals surface area contributed by atoms with Gasteiger partial charge in [0.1, 0.15) is 31.0 Å². The molecule has 1 aliphatic heterocycles. The van der Waals surface area contributed by atoms with Crippen molar-refractivity contribution in [3.8, 4) is 5.75 Å². The van der Waals surface area contributed by atoms with E-state index in [0.29, 0.717) is 43.2 Å². The van der Waals surface area contributed by atoms with Crippen LogP contribution >= 0.6 is 0 Å². The fourth-order valence-electron chi connectivity index (χ4n) is 4.83. The maximum absolute atomic E-state index is 7.00. The largest absolute Gasteiger partial charge is 0.491 e. The number of benzene rings is 1. The molecule has 49 heavy (non-hydrogen) atoms. The lowest BCUT2D eigenvalue weighted by Gasteiger charge is -2.40. The van der Waals surface area contributed by atoms with Gasteiger partial charge >= 0.3 is 0 Å². The molecule has 1 N–H and O–H groups in total. The average molecular weight is 730 g/mol. The lowest BCUT2D eigenvalue weighted by molar-refractivity contribution is -0.0383. The second kappa shape index (κ2) is 14.5. The lowest BCUT2D eigenvalue weighted by Crippen LogP contribution is -2.48. The van der Waals surface area contributed by atoms with Gasteiger partial charge in [0.25, 0.3) is 0 Å². The van der Waals surface area contributed by atoms with Gasteiger partial charge in [-0.05, 0) is 66.5 Å². The Hall–Kier alpha value is -2.14. The van der Waals surface area contributed by atoms with Crippen LogP contribution in [0.4, 0.5) is 11.5 Å². The normalized spacial score (nSPS) is 19.9. The van der Waals surface area contributed by atoms with Crippen molar-refractivity contribution in [3.05, 3.63) is 36.9 Å². The number of nitrogens with zero attached hydrogens (tertiary/aromatic N) is 4. The van der Waals surface area contributed by atoms with Crippen LogP contribution in [-0.4, -0.2) is 76.5 Å². The van der Waals surface area contributed by atoms with Crippen molar-refractivity contribution in [2.45, 2.75) is 142 Å². The molecule has 3 aromatic rings. The summed E-state index contributed by atoms with van der Waals surface area (Å²) >= 11 is 0. The van der Waals surface area contributed by atoms with Crippen LogP contribution in [0.3, 0.4) is 0 Å². The van der Waals surface area contributed by atoms with Gasteiger partial charge in [-0.3, -0.25) is 4.57 Å². The minimum atomic E-state index is -2.08. The minimum absolute atomic E-state index is 0.0757. The number of nitrogens with one attached hydrogen (secondary N) is 1. The van der Waals surface area contributed by atoms with Gasteiger partial charge in [-0.2, -0.15) is 0 Å². The highest BCUT2D eigenvalue weighted by Crippen LogP contribution is 2.43. The van der Waals surface area contributed by atoms with E-state index in [1.165, 1.54) is 0 Å². The number of imidazole rings is 1. The van der Waals surface area contributed by atoms with Gasteiger partial charge in [0.15, 0.2) is 41.9 Å². The Morgan fingerprint density at radius 3 is 2.08 bits per heavy atom. The van der Waals surface area contributed by atoms with Crippen molar-refractivity contribution in [2.75, 3.05) is 25.1 Å². The van der Waals surface area contributed by atoms with E-state index < -0.39 is 25.0 Å². The smallest absolute Gasteiger partial charge is 0.192 e. The van der Waals surface area contributed by atoms with Crippen LogP contribution in [-0.2, 0) is 18.0 Å². The van der Waals surface area contributed by atoms with Crippen LogP contribution in [0, 0.1) is 0 Å². The van der Waals surface area contributed by atoms with Crippen molar-refractivity contribution in [2.24, 2.45) is 0 Å². The van der Waals surface area contributed by atoms with Gasteiger partial charge < -0.3 is 28.1 Å². The summed E-state index contributed by atoms with van der Waals surface area (Å²) in [7, 11) is -5.88. The van der Waals surface area contributed by atoms with E-state index in [-0.39, 0.29) is 33.6 Å². The number of hydrogen-bond donors (Lipinski definition) is 1. The molecule has 0 aliphatic carbocycles. The molecule has 274 valence electrons. The van der Waals surface area contributed by atoms with E-state index >= 15 is 0 Å². The zero-order valence-corrected chi connectivity index (χ0v) is 35.9. The Balaban J connectivity index is 1.50. The van der Waals surface area contributed by atoms with Crippen LogP contribution in [0.5, 0.6) is 5.75 Å². The van der Waals surface area contributed by atoms with Crippen molar-refractivity contribution in [1.29, 1.82) is 0 Å². The molecule has 3 heterocycles. The summed E-state index contributed by atoms with van der Waals surface area (Å²) in [5, 5.41) is 3.78. The Labute approximate surface area is 298 Å². The van der Waals surface area contributed by atoms with Gasteiger partial charge in [-0.15, -0.1) is 0 Å². The maximum atomic E-state index is 7.00. The molecule has 10 nitrogen and oxygen atoms in total. The number of hydrogen-bond acceptors (Lipinski definition) is 9. The number of rotatable bonds is 13. The number of ether oxygens (including phenoxy) is 2. The van der Waals surface area contributed by atoms with Crippen molar-refractivity contribution >= 4 is 47.6 Å². The summed E-state index contributed by atoms with van der Waals surface area (Å²) in [4.78, 5) is 14.0. The molecule has 1 aromatic carbocycles. The molecule has 0 amide bonds. The maximum Gasteiger partial charge on any atom is 0.192 e. The van der Waals surface area contributed by atoms with Gasteiger partial charge in [-0.25, -0.2) is 15.0 Å². The Kier molecular flexibility index (Phi) is 11.7. The molecule has 0 saturated carbocycles. The summed E-state index contributed by atoms with van der Waals surface area (Å²) in [6.07, 6.45) is 3.48. The Bertz CT molecular complexity index is 1560. The monoisotopic (exact) mass is 729 g/mol. The molecule has 0 unspecified atom stereocenters. The van der Waals surface area contributed by atoms with Crippen LogP contribution < -0.4 is 10.1 Å². The highest BCUT2D eigenvalue weighted by atomic mass is 28.4. The molecule has 2 aromatic heterocycles. The predicted octanol–water partition coefficient (Wildman–Crippen LogP) is 9.67. The Morgan fingerprint density at radius 2 is 1.45 bits per heavy atom. The second-order valence-electron chi connectivity index (χ2n) is 18.0. The minimum Gasteiger partial charge on any atom is -0.491 e. The fourth-order valence-corrected chi connectivity index (χ4v) is 8.23. The molecular formula is C36H63N5O5Si3.